The third kappa shape index (κ3) is 4.67. The number of nitrogens with one attached hydrogen (secondary N) is 1. The molecule has 1 aromatic heterocycles. The van der Waals surface area contributed by atoms with E-state index in [0.29, 0.717) is 13.2 Å². The normalized spacial score (nSPS) is 11.1. The number of amides is 2. The quantitative estimate of drug-likeness (QED) is 0.776. The molecule has 1 heterocycles. The number of methoxy groups -OCH3 is 1. The topological polar surface area (TPSA) is 94.3 Å². The van der Waals surface area contributed by atoms with Crippen molar-refractivity contribution in [2.45, 2.75) is 13.8 Å². The van der Waals surface area contributed by atoms with Crippen LogP contribution in [-0.2, 0) is 4.74 Å². The van der Waals surface area contributed by atoms with Gasteiger partial charge in [-0.05, 0) is 6.07 Å². The lowest BCUT2D eigenvalue weighted by Gasteiger charge is -2.23. The molecule has 19 heavy (non-hydrogen) atoms. The van der Waals surface area contributed by atoms with E-state index in [1.165, 1.54) is 12.3 Å². The van der Waals surface area contributed by atoms with Crippen LogP contribution < -0.4 is 11.1 Å². The van der Waals surface area contributed by atoms with E-state index in [-0.39, 0.29) is 22.6 Å². The predicted molar refractivity (Wildman–Crippen MR) is 69.6 cm³/mol. The van der Waals surface area contributed by atoms with Gasteiger partial charge in [-0.15, -0.1) is 0 Å². The van der Waals surface area contributed by atoms with Gasteiger partial charge in [0.05, 0.1) is 12.2 Å². The summed E-state index contributed by atoms with van der Waals surface area (Å²) < 4.78 is 5.06. The van der Waals surface area contributed by atoms with E-state index in [0.717, 1.165) is 0 Å². The largest absolute Gasteiger partial charge is 0.384 e. The molecule has 0 bridgehead atoms. The zero-order valence-corrected chi connectivity index (χ0v) is 11.3. The van der Waals surface area contributed by atoms with Crippen LogP contribution in [0.5, 0.6) is 0 Å². The lowest BCUT2D eigenvalue weighted by molar-refractivity contribution is 0.0846. The number of pyridine rings is 1. The monoisotopic (exact) mass is 264 g/mol. The lowest BCUT2D eigenvalue weighted by atomic mass is 9.95. The summed E-state index contributed by atoms with van der Waals surface area (Å²) in [7, 11) is 1.61. The van der Waals surface area contributed by atoms with Crippen LogP contribution in [0.1, 0.15) is 34.7 Å². The van der Waals surface area contributed by atoms with Crippen molar-refractivity contribution >= 4 is 11.8 Å². The zero-order valence-electron chi connectivity index (χ0n) is 11.3. The van der Waals surface area contributed by atoms with Crippen LogP contribution in [0.25, 0.3) is 0 Å². The van der Waals surface area contributed by atoms with Crippen LogP contribution >= 0.6 is 0 Å². The van der Waals surface area contributed by atoms with Gasteiger partial charge in [0.25, 0.3) is 11.8 Å². The fraction of sp³-hybridized carbons (Fsp3) is 0.462. The Kier molecular flexibility index (Phi) is 5.00. The number of carbonyl (C=O) groups is 2. The highest BCUT2D eigenvalue weighted by Crippen LogP contribution is 2.13. The number of aromatic nitrogens is 1. The molecule has 0 unspecified atom stereocenters. The van der Waals surface area contributed by atoms with Crippen molar-refractivity contribution in [3.63, 3.8) is 0 Å². The molecule has 0 aliphatic rings. The summed E-state index contributed by atoms with van der Waals surface area (Å²) in [6.07, 6.45) is 1.35. The van der Waals surface area contributed by atoms with Crippen LogP contribution in [-0.4, -0.2) is 37.1 Å². The predicted octanol–water partition coefficient (Wildman–Crippen LogP) is 0.383. The van der Waals surface area contributed by atoms with Gasteiger partial charge in [-0.3, -0.25) is 14.6 Å². The standard InChI is InChI=1S/C13H18N3O3/c1-13(2,8-19-3)7-16-12(18)9-4-5-15-10(6-9)11(14)17/h4-5H,7-8H2,1-3H3,(H2,14,17)(H,16,18). The van der Waals surface area contributed by atoms with E-state index < -0.39 is 5.91 Å². The molecule has 1 radical (unpaired) electrons. The number of nitrogens with two attached hydrogens (primary N) is 1. The first-order valence-electron chi connectivity index (χ1n) is 5.81. The molecule has 0 fully saturated rings. The van der Waals surface area contributed by atoms with Crippen molar-refractivity contribution in [2.24, 2.45) is 11.1 Å². The molecule has 0 spiro atoms. The van der Waals surface area contributed by atoms with Crippen molar-refractivity contribution in [2.75, 3.05) is 20.3 Å². The van der Waals surface area contributed by atoms with E-state index in [1.807, 2.05) is 13.8 Å². The molecule has 0 aliphatic carbocycles. The summed E-state index contributed by atoms with van der Waals surface area (Å²) in [5.74, 6) is -1.04. The highest BCUT2D eigenvalue weighted by Gasteiger charge is 2.19. The van der Waals surface area contributed by atoms with Gasteiger partial charge in [-0.25, -0.2) is 0 Å². The number of rotatable bonds is 6. The van der Waals surface area contributed by atoms with E-state index in [1.54, 1.807) is 7.11 Å². The highest BCUT2D eigenvalue weighted by molar-refractivity contribution is 5.97. The van der Waals surface area contributed by atoms with Crippen LogP contribution in [0.3, 0.4) is 0 Å². The molecule has 2 amide bonds. The summed E-state index contributed by atoms with van der Waals surface area (Å²) in [5, 5.41) is 2.76. The number of hydrogen-bond donors (Lipinski definition) is 2. The van der Waals surface area contributed by atoms with E-state index in [4.69, 9.17) is 10.5 Å². The molecule has 3 N–H and O–H groups in total. The van der Waals surface area contributed by atoms with Crippen LogP contribution in [0.2, 0.25) is 0 Å². The van der Waals surface area contributed by atoms with Crippen molar-refractivity contribution in [1.82, 2.24) is 10.3 Å². The van der Waals surface area contributed by atoms with Crippen LogP contribution in [0.4, 0.5) is 0 Å². The average molecular weight is 264 g/mol. The fourth-order valence-corrected chi connectivity index (χ4v) is 1.50. The molecule has 6 heteroatoms. The maximum atomic E-state index is 11.9. The first-order chi connectivity index (χ1) is 8.85. The zero-order chi connectivity index (χ0) is 14.5. The Labute approximate surface area is 112 Å². The van der Waals surface area contributed by atoms with Gasteiger partial charge < -0.3 is 15.8 Å². The second-order valence-corrected chi connectivity index (χ2v) is 4.98. The Hall–Kier alpha value is -1.95. The molecule has 6 nitrogen and oxygen atoms in total. The fourth-order valence-electron chi connectivity index (χ4n) is 1.50. The molecule has 0 aliphatic heterocycles. The minimum Gasteiger partial charge on any atom is -0.384 e. The summed E-state index contributed by atoms with van der Waals surface area (Å²) >= 11 is 0. The molecule has 0 saturated carbocycles. The number of ether oxygens (including phenoxy) is 1. The Morgan fingerprint density at radius 1 is 1.53 bits per heavy atom. The van der Waals surface area contributed by atoms with E-state index in [2.05, 4.69) is 16.4 Å². The Morgan fingerprint density at radius 2 is 2.21 bits per heavy atom. The first-order valence-corrected chi connectivity index (χ1v) is 5.81. The summed E-state index contributed by atoms with van der Waals surface area (Å²) in [5.41, 5.74) is 5.09. The van der Waals surface area contributed by atoms with Gasteiger partial charge in [0.15, 0.2) is 0 Å². The molecule has 1 aromatic rings. The van der Waals surface area contributed by atoms with E-state index in [9.17, 15) is 9.59 Å². The Bertz CT molecular complexity index is 472. The third-order valence-corrected chi connectivity index (χ3v) is 2.44. The molecule has 0 aromatic carbocycles. The van der Waals surface area contributed by atoms with Gasteiger partial charge in [0.1, 0.15) is 5.69 Å². The highest BCUT2D eigenvalue weighted by atomic mass is 16.5. The van der Waals surface area contributed by atoms with E-state index >= 15 is 0 Å². The number of carbonyl (C=O) groups excluding carboxylic acids is 2. The van der Waals surface area contributed by atoms with Gasteiger partial charge in [0, 0.05) is 31.3 Å². The van der Waals surface area contributed by atoms with Gasteiger partial charge in [-0.1, -0.05) is 13.8 Å². The number of hydrogen-bond acceptors (Lipinski definition) is 4. The molecule has 0 saturated heterocycles. The van der Waals surface area contributed by atoms with Gasteiger partial charge >= 0.3 is 0 Å². The molecule has 103 valence electrons. The number of nitrogens with zero attached hydrogens (tertiary/aromatic N) is 1. The van der Waals surface area contributed by atoms with Gasteiger partial charge in [0.2, 0.25) is 0 Å². The van der Waals surface area contributed by atoms with Crippen molar-refractivity contribution < 1.29 is 14.3 Å². The molecule has 0 atom stereocenters. The van der Waals surface area contributed by atoms with Gasteiger partial charge in [-0.2, -0.15) is 0 Å². The maximum absolute atomic E-state index is 11.9. The van der Waals surface area contributed by atoms with Crippen LogP contribution in [0, 0.1) is 11.5 Å². The minimum atomic E-state index is -0.714. The smallest absolute Gasteiger partial charge is 0.267 e. The molecular weight excluding hydrogens is 246 g/mol. The SMILES string of the molecule is COCC(C)(C)CNC(=O)c1[c]c(C(N)=O)ncc1. The van der Waals surface area contributed by atoms with Crippen LogP contribution in [0.15, 0.2) is 12.3 Å². The molecular formula is C13H18N3O3. The summed E-state index contributed by atoms with van der Waals surface area (Å²) in [6.45, 7) is 4.92. The molecule has 1 rings (SSSR count). The first kappa shape index (κ1) is 15.1. The number of primary amides is 1. The average Bonchev–Trinajstić information content (AvgIpc) is 2.36. The Morgan fingerprint density at radius 3 is 2.79 bits per heavy atom. The Balaban J connectivity index is 2.68. The summed E-state index contributed by atoms with van der Waals surface area (Å²) in [6, 6.07) is 4.06. The van der Waals surface area contributed by atoms with Crippen molar-refractivity contribution in [1.29, 1.82) is 0 Å². The minimum absolute atomic E-state index is 0.0520. The second-order valence-electron chi connectivity index (χ2n) is 4.98. The third-order valence-electron chi connectivity index (χ3n) is 2.44. The maximum Gasteiger partial charge on any atom is 0.267 e. The van der Waals surface area contributed by atoms with Crippen molar-refractivity contribution in [3.8, 4) is 0 Å². The lowest BCUT2D eigenvalue weighted by Crippen LogP contribution is -2.36. The van der Waals surface area contributed by atoms with Crippen molar-refractivity contribution in [3.05, 3.63) is 29.6 Å². The summed E-state index contributed by atoms with van der Waals surface area (Å²) in [4.78, 5) is 26.6. The second kappa shape index (κ2) is 6.29.